The highest BCUT2D eigenvalue weighted by Gasteiger charge is 2.58. The van der Waals surface area contributed by atoms with E-state index in [1.54, 1.807) is 4.68 Å². The molecule has 4 fully saturated rings. The van der Waals surface area contributed by atoms with Crippen LogP contribution < -0.4 is 11.0 Å². The maximum absolute atomic E-state index is 12.4. The molecule has 0 bridgehead atoms. The van der Waals surface area contributed by atoms with Crippen LogP contribution in [0.5, 0.6) is 0 Å². The number of ether oxygens (including phenoxy) is 1. The first kappa shape index (κ1) is 15.4. The van der Waals surface area contributed by atoms with E-state index in [2.05, 4.69) is 15.4 Å². The van der Waals surface area contributed by atoms with Crippen molar-refractivity contribution in [1.82, 2.24) is 25.0 Å². The molecule has 5 rings (SSSR count). The van der Waals surface area contributed by atoms with E-state index in [4.69, 9.17) is 4.74 Å². The molecule has 2 amide bonds. The molecular formula is C17H25N5O3. The van der Waals surface area contributed by atoms with Gasteiger partial charge in [0, 0.05) is 31.0 Å². The van der Waals surface area contributed by atoms with Gasteiger partial charge in [-0.05, 0) is 38.0 Å². The lowest BCUT2D eigenvalue weighted by Gasteiger charge is -2.32. The molecule has 4 aliphatic rings. The van der Waals surface area contributed by atoms with Gasteiger partial charge in [0.1, 0.15) is 5.82 Å². The molecule has 2 aliphatic carbocycles. The maximum atomic E-state index is 12.4. The first-order valence-electron chi connectivity index (χ1n) is 9.44. The number of likely N-dealkylation sites (tertiary alicyclic amines) is 1. The molecule has 8 nitrogen and oxygen atoms in total. The summed E-state index contributed by atoms with van der Waals surface area (Å²) in [6.07, 6.45) is 4.98. The molecule has 1 aromatic rings. The lowest BCUT2D eigenvalue weighted by molar-refractivity contribution is 0.142. The summed E-state index contributed by atoms with van der Waals surface area (Å²) in [5.41, 5.74) is 0.111. The average molecular weight is 347 g/mol. The molecule has 8 heteroatoms. The Balaban J connectivity index is 1.14. The molecule has 0 unspecified atom stereocenters. The minimum absolute atomic E-state index is 0.0124. The minimum Gasteiger partial charge on any atom is -0.380 e. The van der Waals surface area contributed by atoms with Gasteiger partial charge in [-0.3, -0.25) is 4.98 Å². The van der Waals surface area contributed by atoms with E-state index in [0.29, 0.717) is 24.9 Å². The number of nitrogens with one attached hydrogen (secondary N) is 2. The molecule has 2 N–H and O–H groups in total. The third-order valence-electron chi connectivity index (χ3n) is 6.38. The summed E-state index contributed by atoms with van der Waals surface area (Å²) in [5, 5.41) is 7.57. The number of carbonyl (C=O) groups is 1. The van der Waals surface area contributed by atoms with Crippen molar-refractivity contribution in [2.45, 2.75) is 44.1 Å². The summed E-state index contributed by atoms with van der Waals surface area (Å²) in [6.45, 7) is 3.69. The number of hydrogen-bond donors (Lipinski definition) is 2. The van der Waals surface area contributed by atoms with E-state index in [9.17, 15) is 9.59 Å². The Kier molecular flexibility index (Phi) is 3.45. The first-order chi connectivity index (χ1) is 12.1. The highest BCUT2D eigenvalue weighted by molar-refractivity contribution is 5.74. The predicted molar refractivity (Wildman–Crippen MR) is 89.4 cm³/mol. The molecule has 0 aromatic carbocycles. The summed E-state index contributed by atoms with van der Waals surface area (Å²) in [7, 11) is 0. The number of nitrogens with zero attached hydrogens (tertiary/aromatic N) is 3. The van der Waals surface area contributed by atoms with E-state index < -0.39 is 0 Å². The van der Waals surface area contributed by atoms with Crippen molar-refractivity contribution in [2.24, 2.45) is 11.3 Å². The number of rotatable bonds is 4. The van der Waals surface area contributed by atoms with Crippen molar-refractivity contribution < 1.29 is 9.53 Å². The quantitative estimate of drug-likeness (QED) is 0.844. The third kappa shape index (κ3) is 2.76. The van der Waals surface area contributed by atoms with Crippen molar-refractivity contribution in [3.63, 3.8) is 0 Å². The SMILES string of the molecule is O=C(NC[C@@]12COC[C@@H]1C2)N1CCC(n2nc(C3CC3)[nH]c2=O)CC1. The lowest BCUT2D eigenvalue weighted by Crippen LogP contribution is -2.47. The molecule has 0 spiro atoms. The molecule has 0 radical (unpaired) electrons. The van der Waals surface area contributed by atoms with Crippen LogP contribution >= 0.6 is 0 Å². The maximum Gasteiger partial charge on any atom is 0.343 e. The van der Waals surface area contributed by atoms with Crippen LogP contribution in [0.2, 0.25) is 0 Å². The highest BCUT2D eigenvalue weighted by atomic mass is 16.5. The molecule has 2 saturated heterocycles. The Labute approximate surface area is 145 Å². The van der Waals surface area contributed by atoms with Crippen molar-refractivity contribution in [3.05, 3.63) is 16.3 Å². The number of urea groups is 1. The van der Waals surface area contributed by atoms with Gasteiger partial charge in [-0.1, -0.05) is 0 Å². The zero-order valence-corrected chi connectivity index (χ0v) is 14.4. The topological polar surface area (TPSA) is 92.2 Å². The Morgan fingerprint density at radius 2 is 2.12 bits per heavy atom. The van der Waals surface area contributed by atoms with E-state index in [0.717, 1.165) is 51.3 Å². The van der Waals surface area contributed by atoms with E-state index in [1.165, 1.54) is 6.42 Å². The smallest absolute Gasteiger partial charge is 0.343 e. The van der Waals surface area contributed by atoms with Crippen molar-refractivity contribution in [1.29, 1.82) is 0 Å². The van der Waals surface area contributed by atoms with Gasteiger partial charge in [0.15, 0.2) is 0 Å². The summed E-state index contributed by atoms with van der Waals surface area (Å²) < 4.78 is 7.08. The summed E-state index contributed by atoms with van der Waals surface area (Å²) >= 11 is 0. The molecule has 2 atom stereocenters. The van der Waals surface area contributed by atoms with Crippen molar-refractivity contribution in [3.8, 4) is 0 Å². The summed E-state index contributed by atoms with van der Waals surface area (Å²) in [4.78, 5) is 29.3. The number of fused-ring (bicyclic) bond motifs is 1. The Morgan fingerprint density at radius 3 is 2.76 bits per heavy atom. The first-order valence-corrected chi connectivity index (χ1v) is 9.44. The number of aromatic nitrogens is 3. The molecule has 1 aromatic heterocycles. The zero-order chi connectivity index (χ0) is 17.0. The number of aromatic amines is 1. The van der Waals surface area contributed by atoms with Gasteiger partial charge >= 0.3 is 11.7 Å². The number of H-pyrrole nitrogens is 1. The van der Waals surface area contributed by atoms with Crippen LogP contribution in [0.15, 0.2) is 4.79 Å². The normalized spacial score (nSPS) is 31.8. The van der Waals surface area contributed by atoms with Crippen molar-refractivity contribution >= 4 is 6.03 Å². The fourth-order valence-corrected chi connectivity index (χ4v) is 4.33. The number of piperidine rings is 1. The van der Waals surface area contributed by atoms with Gasteiger partial charge in [-0.2, -0.15) is 5.10 Å². The van der Waals surface area contributed by atoms with Crippen LogP contribution in [0.1, 0.15) is 49.9 Å². The fourth-order valence-electron chi connectivity index (χ4n) is 4.33. The molecular weight excluding hydrogens is 322 g/mol. The van der Waals surface area contributed by atoms with Crippen LogP contribution in [-0.2, 0) is 4.74 Å². The lowest BCUT2D eigenvalue weighted by atomic mass is 10.1. The summed E-state index contributed by atoms with van der Waals surface area (Å²) in [5.74, 6) is 1.93. The van der Waals surface area contributed by atoms with Crippen LogP contribution in [0.3, 0.4) is 0 Å². The van der Waals surface area contributed by atoms with Crippen LogP contribution in [0.25, 0.3) is 0 Å². The number of hydrogen-bond acceptors (Lipinski definition) is 4. The van der Waals surface area contributed by atoms with Crippen LogP contribution in [-0.4, -0.2) is 58.5 Å². The largest absolute Gasteiger partial charge is 0.380 e. The van der Waals surface area contributed by atoms with E-state index in [1.807, 2.05) is 4.90 Å². The Hall–Kier alpha value is -1.83. The van der Waals surface area contributed by atoms with Gasteiger partial charge < -0.3 is 15.0 Å². The fraction of sp³-hybridized carbons (Fsp3) is 0.824. The van der Waals surface area contributed by atoms with Gasteiger partial charge in [0.05, 0.1) is 19.3 Å². The third-order valence-corrected chi connectivity index (χ3v) is 6.38. The molecule has 136 valence electrons. The second-order valence-electron chi connectivity index (χ2n) is 8.19. The van der Waals surface area contributed by atoms with Crippen LogP contribution in [0, 0.1) is 11.3 Å². The number of carbonyl (C=O) groups excluding carboxylic acids is 1. The second kappa shape index (κ2) is 5.59. The zero-order valence-electron chi connectivity index (χ0n) is 14.4. The standard InChI is InChI=1S/C17H25N5O3/c23-15(18-9-17-7-12(17)8-25-10-17)21-5-3-13(4-6-21)22-16(24)19-14(20-22)11-1-2-11/h11-13H,1-10H2,(H,18,23)(H,19,20,24)/t12-,17-/m0/s1. The summed E-state index contributed by atoms with van der Waals surface area (Å²) in [6, 6.07) is 0.105. The van der Waals surface area contributed by atoms with E-state index in [-0.39, 0.29) is 23.2 Å². The number of amides is 2. The predicted octanol–water partition coefficient (Wildman–Crippen LogP) is 0.832. The second-order valence-corrected chi connectivity index (χ2v) is 8.19. The monoisotopic (exact) mass is 347 g/mol. The molecule has 2 saturated carbocycles. The van der Waals surface area contributed by atoms with Gasteiger partial charge in [0.2, 0.25) is 0 Å². The Bertz CT molecular complexity index is 731. The molecule has 3 heterocycles. The highest BCUT2D eigenvalue weighted by Crippen LogP contribution is 2.56. The Morgan fingerprint density at radius 1 is 1.32 bits per heavy atom. The van der Waals surface area contributed by atoms with Crippen molar-refractivity contribution in [2.75, 3.05) is 32.8 Å². The molecule has 2 aliphatic heterocycles. The van der Waals surface area contributed by atoms with Crippen LogP contribution in [0.4, 0.5) is 4.79 Å². The van der Waals surface area contributed by atoms with E-state index >= 15 is 0 Å². The van der Waals surface area contributed by atoms with Gasteiger partial charge in [-0.15, -0.1) is 0 Å². The van der Waals surface area contributed by atoms with Gasteiger partial charge in [0.25, 0.3) is 0 Å². The molecule has 25 heavy (non-hydrogen) atoms. The minimum atomic E-state index is -0.107. The average Bonchev–Trinajstić information content (AvgIpc) is 3.53. The van der Waals surface area contributed by atoms with Gasteiger partial charge in [-0.25, -0.2) is 14.3 Å².